The number of thiazole rings is 1. The van der Waals surface area contributed by atoms with Crippen LogP contribution in [0.15, 0.2) is 12.4 Å². The molecule has 19 heavy (non-hydrogen) atoms. The van der Waals surface area contributed by atoms with Gasteiger partial charge in [-0.25, -0.2) is 4.98 Å². The van der Waals surface area contributed by atoms with Gasteiger partial charge in [-0.1, -0.05) is 0 Å². The van der Waals surface area contributed by atoms with E-state index in [2.05, 4.69) is 44.9 Å². The molecule has 0 unspecified atom stereocenters. The number of nitrogens with zero attached hydrogens (tertiary/aromatic N) is 3. The van der Waals surface area contributed by atoms with Crippen LogP contribution in [0, 0.1) is 20.8 Å². The SMILES string of the molecule is Cc1cn2c(CNCc3cn[nH]c3C)c(C)nc2s1. The fourth-order valence-electron chi connectivity index (χ4n) is 2.19. The number of H-pyrrole nitrogens is 1. The maximum atomic E-state index is 4.59. The zero-order valence-electron chi connectivity index (χ0n) is 11.3. The zero-order chi connectivity index (χ0) is 13.4. The minimum Gasteiger partial charge on any atom is -0.307 e. The Balaban J connectivity index is 1.74. The van der Waals surface area contributed by atoms with Crippen molar-refractivity contribution in [1.82, 2.24) is 24.9 Å². The van der Waals surface area contributed by atoms with E-state index in [9.17, 15) is 0 Å². The van der Waals surface area contributed by atoms with Crippen LogP contribution >= 0.6 is 11.3 Å². The van der Waals surface area contributed by atoms with Gasteiger partial charge < -0.3 is 5.32 Å². The maximum Gasteiger partial charge on any atom is 0.194 e. The smallest absolute Gasteiger partial charge is 0.194 e. The molecule has 2 N–H and O–H groups in total. The third-order valence-corrected chi connectivity index (χ3v) is 4.18. The number of imidazole rings is 1. The third-order valence-electron chi connectivity index (χ3n) is 3.28. The van der Waals surface area contributed by atoms with Crippen LogP contribution in [-0.4, -0.2) is 19.6 Å². The van der Waals surface area contributed by atoms with Crippen molar-refractivity contribution in [2.75, 3.05) is 0 Å². The minimum atomic E-state index is 0.813. The highest BCUT2D eigenvalue weighted by molar-refractivity contribution is 7.17. The Bertz CT molecular complexity index is 706. The molecular weight excluding hydrogens is 258 g/mol. The first-order valence-corrected chi connectivity index (χ1v) is 7.10. The van der Waals surface area contributed by atoms with E-state index in [-0.39, 0.29) is 0 Å². The average Bonchev–Trinajstić information content (AvgIpc) is 2.98. The number of rotatable bonds is 4. The Hall–Kier alpha value is -1.66. The van der Waals surface area contributed by atoms with E-state index in [4.69, 9.17) is 0 Å². The lowest BCUT2D eigenvalue weighted by Crippen LogP contribution is -2.15. The first kappa shape index (κ1) is 12.4. The van der Waals surface area contributed by atoms with E-state index < -0.39 is 0 Å². The lowest BCUT2D eigenvalue weighted by atomic mass is 10.2. The van der Waals surface area contributed by atoms with E-state index in [0.29, 0.717) is 0 Å². The molecule has 5 nitrogen and oxygen atoms in total. The topological polar surface area (TPSA) is 58.0 Å². The summed E-state index contributed by atoms with van der Waals surface area (Å²) < 4.78 is 2.19. The van der Waals surface area contributed by atoms with Gasteiger partial charge in [0.15, 0.2) is 4.96 Å². The van der Waals surface area contributed by atoms with Gasteiger partial charge in [-0.05, 0) is 20.8 Å². The molecule has 0 saturated carbocycles. The number of aryl methyl sites for hydroxylation is 3. The zero-order valence-corrected chi connectivity index (χ0v) is 12.1. The summed E-state index contributed by atoms with van der Waals surface area (Å²) in [5.74, 6) is 0. The quantitative estimate of drug-likeness (QED) is 0.768. The molecule has 0 bridgehead atoms. The molecule has 3 rings (SSSR count). The summed E-state index contributed by atoms with van der Waals surface area (Å²) in [5, 5.41) is 10.4. The normalized spacial score (nSPS) is 11.5. The molecule has 3 aromatic rings. The summed E-state index contributed by atoms with van der Waals surface area (Å²) in [6.45, 7) is 7.84. The Kier molecular flexibility index (Phi) is 3.12. The van der Waals surface area contributed by atoms with E-state index in [1.165, 1.54) is 16.1 Å². The Morgan fingerprint density at radius 3 is 2.89 bits per heavy atom. The Labute approximate surface area is 115 Å². The molecule has 100 valence electrons. The van der Waals surface area contributed by atoms with Crippen molar-refractivity contribution in [2.24, 2.45) is 0 Å². The predicted molar refractivity (Wildman–Crippen MR) is 76.4 cm³/mol. The Morgan fingerprint density at radius 2 is 2.16 bits per heavy atom. The molecule has 0 aromatic carbocycles. The minimum absolute atomic E-state index is 0.813. The third kappa shape index (κ3) is 2.29. The van der Waals surface area contributed by atoms with Crippen LogP contribution in [0.1, 0.15) is 27.5 Å². The molecule has 0 fully saturated rings. The molecular formula is C13H17N5S. The summed E-state index contributed by atoms with van der Waals surface area (Å²) in [4.78, 5) is 6.95. The van der Waals surface area contributed by atoms with Crippen molar-refractivity contribution in [3.8, 4) is 0 Å². The highest BCUT2D eigenvalue weighted by Crippen LogP contribution is 2.20. The van der Waals surface area contributed by atoms with Gasteiger partial charge in [0.1, 0.15) is 0 Å². The molecule has 0 radical (unpaired) electrons. The first-order valence-electron chi connectivity index (χ1n) is 6.28. The van der Waals surface area contributed by atoms with Crippen molar-refractivity contribution in [3.63, 3.8) is 0 Å². The molecule has 0 spiro atoms. The maximum absolute atomic E-state index is 4.59. The van der Waals surface area contributed by atoms with Crippen molar-refractivity contribution in [2.45, 2.75) is 33.9 Å². The van der Waals surface area contributed by atoms with Crippen LogP contribution in [0.25, 0.3) is 4.96 Å². The molecule has 0 atom stereocenters. The van der Waals surface area contributed by atoms with Crippen LogP contribution in [0.4, 0.5) is 0 Å². The van der Waals surface area contributed by atoms with Gasteiger partial charge in [-0.15, -0.1) is 11.3 Å². The largest absolute Gasteiger partial charge is 0.307 e. The van der Waals surface area contributed by atoms with Crippen LogP contribution in [0.3, 0.4) is 0 Å². The second kappa shape index (κ2) is 4.79. The molecule has 0 aliphatic heterocycles. The fourth-order valence-corrected chi connectivity index (χ4v) is 3.08. The standard InChI is InChI=1S/C13H17N5S/c1-8-7-18-12(10(3)16-13(18)19-8)6-14-4-11-5-15-17-9(11)2/h5,7,14H,4,6H2,1-3H3,(H,15,17). The van der Waals surface area contributed by atoms with Gasteiger partial charge in [0, 0.05) is 35.4 Å². The fraction of sp³-hybridized carbons (Fsp3) is 0.385. The average molecular weight is 275 g/mol. The van der Waals surface area contributed by atoms with E-state index in [1.807, 2.05) is 13.1 Å². The van der Waals surface area contributed by atoms with Gasteiger partial charge in [-0.3, -0.25) is 9.50 Å². The van der Waals surface area contributed by atoms with E-state index in [1.54, 1.807) is 11.3 Å². The molecule has 0 saturated heterocycles. The number of nitrogens with one attached hydrogen (secondary N) is 2. The molecule has 3 aromatic heterocycles. The van der Waals surface area contributed by atoms with Gasteiger partial charge in [0.2, 0.25) is 0 Å². The number of fused-ring (bicyclic) bond motifs is 1. The van der Waals surface area contributed by atoms with Gasteiger partial charge >= 0.3 is 0 Å². The summed E-state index contributed by atoms with van der Waals surface area (Å²) in [6.07, 6.45) is 4.02. The Morgan fingerprint density at radius 1 is 1.32 bits per heavy atom. The summed E-state index contributed by atoms with van der Waals surface area (Å²) in [7, 11) is 0. The van der Waals surface area contributed by atoms with Crippen LogP contribution in [0.2, 0.25) is 0 Å². The number of hydrogen-bond acceptors (Lipinski definition) is 4. The molecule has 6 heteroatoms. The monoisotopic (exact) mass is 275 g/mol. The lowest BCUT2D eigenvalue weighted by Gasteiger charge is -2.04. The number of aromatic nitrogens is 4. The first-order chi connectivity index (χ1) is 9.15. The predicted octanol–water partition coefficient (Wildman–Crippen LogP) is 2.33. The van der Waals surface area contributed by atoms with E-state index >= 15 is 0 Å². The lowest BCUT2D eigenvalue weighted by molar-refractivity contribution is 0.670. The van der Waals surface area contributed by atoms with Crippen molar-refractivity contribution >= 4 is 16.3 Å². The molecule has 3 heterocycles. The van der Waals surface area contributed by atoms with Crippen molar-refractivity contribution in [3.05, 3.63) is 39.9 Å². The van der Waals surface area contributed by atoms with Crippen molar-refractivity contribution in [1.29, 1.82) is 0 Å². The summed E-state index contributed by atoms with van der Waals surface area (Å²) in [5.41, 5.74) is 4.66. The second-order valence-electron chi connectivity index (χ2n) is 4.76. The highest BCUT2D eigenvalue weighted by Gasteiger charge is 2.10. The molecule has 0 aliphatic carbocycles. The summed E-state index contributed by atoms with van der Waals surface area (Å²) in [6, 6.07) is 0. The van der Waals surface area contributed by atoms with Crippen LogP contribution < -0.4 is 5.32 Å². The highest BCUT2D eigenvalue weighted by atomic mass is 32.1. The van der Waals surface area contributed by atoms with Gasteiger partial charge in [0.25, 0.3) is 0 Å². The number of hydrogen-bond donors (Lipinski definition) is 2. The summed E-state index contributed by atoms with van der Waals surface area (Å²) >= 11 is 1.73. The van der Waals surface area contributed by atoms with Gasteiger partial charge in [-0.2, -0.15) is 5.10 Å². The van der Waals surface area contributed by atoms with E-state index in [0.717, 1.165) is 29.4 Å². The van der Waals surface area contributed by atoms with Crippen molar-refractivity contribution < 1.29 is 0 Å². The van der Waals surface area contributed by atoms with Crippen LogP contribution in [0.5, 0.6) is 0 Å². The molecule has 0 aliphatic rings. The molecule has 0 amide bonds. The number of aromatic amines is 1. The van der Waals surface area contributed by atoms with Gasteiger partial charge in [0.05, 0.1) is 17.6 Å². The second-order valence-corrected chi connectivity index (χ2v) is 5.98. The van der Waals surface area contributed by atoms with Crippen LogP contribution in [-0.2, 0) is 13.1 Å².